The van der Waals surface area contributed by atoms with E-state index in [9.17, 15) is 4.79 Å². The van der Waals surface area contributed by atoms with Crippen molar-refractivity contribution in [1.82, 2.24) is 5.32 Å². The standard InChI is InChI=1S/C20H25NO3/c22-20(19-14-6-12-5-13(8-14)9-15(19)7-12)21-10-16-11-23-17-3-1-2-4-18(17)24-16/h1-4,12-16,19H,5-11H2,(H,21,22). The molecule has 1 atom stereocenters. The lowest BCUT2D eigenvalue weighted by molar-refractivity contribution is -0.138. The number of ether oxygens (including phenoxy) is 2. The van der Waals surface area contributed by atoms with Gasteiger partial charge in [-0.05, 0) is 67.9 Å². The maximum Gasteiger partial charge on any atom is 0.223 e. The zero-order chi connectivity index (χ0) is 16.1. The molecule has 1 heterocycles. The summed E-state index contributed by atoms with van der Waals surface area (Å²) in [7, 11) is 0. The Morgan fingerprint density at radius 2 is 1.67 bits per heavy atom. The first-order chi connectivity index (χ1) is 11.8. The van der Waals surface area contributed by atoms with Crippen LogP contribution in [0.15, 0.2) is 24.3 Å². The summed E-state index contributed by atoms with van der Waals surface area (Å²) in [6.07, 6.45) is 6.45. The zero-order valence-electron chi connectivity index (χ0n) is 13.9. The Morgan fingerprint density at radius 1 is 1.00 bits per heavy atom. The van der Waals surface area contributed by atoms with E-state index >= 15 is 0 Å². The van der Waals surface area contributed by atoms with Gasteiger partial charge < -0.3 is 14.8 Å². The highest BCUT2D eigenvalue weighted by atomic mass is 16.6. The smallest absolute Gasteiger partial charge is 0.223 e. The van der Waals surface area contributed by atoms with E-state index in [1.165, 1.54) is 32.1 Å². The second-order valence-electron chi connectivity index (χ2n) is 8.20. The minimum Gasteiger partial charge on any atom is -0.486 e. The van der Waals surface area contributed by atoms with E-state index < -0.39 is 0 Å². The van der Waals surface area contributed by atoms with Gasteiger partial charge in [-0.25, -0.2) is 0 Å². The third-order valence-electron chi connectivity index (χ3n) is 6.60. The average Bonchev–Trinajstić information content (AvgIpc) is 2.59. The van der Waals surface area contributed by atoms with Crippen molar-refractivity contribution in [2.75, 3.05) is 13.2 Å². The van der Waals surface area contributed by atoms with Gasteiger partial charge in [-0.1, -0.05) is 12.1 Å². The van der Waals surface area contributed by atoms with Crippen molar-refractivity contribution in [3.05, 3.63) is 24.3 Å². The number of fused-ring (bicyclic) bond motifs is 1. The normalized spacial score (nSPS) is 38.8. The largest absolute Gasteiger partial charge is 0.486 e. The molecule has 128 valence electrons. The lowest BCUT2D eigenvalue weighted by Gasteiger charge is -2.53. The molecule has 1 unspecified atom stereocenters. The molecule has 0 aromatic heterocycles. The Morgan fingerprint density at radius 3 is 2.38 bits per heavy atom. The molecule has 1 aromatic carbocycles. The van der Waals surface area contributed by atoms with Gasteiger partial charge in [0, 0.05) is 5.92 Å². The van der Waals surface area contributed by atoms with Gasteiger partial charge >= 0.3 is 0 Å². The highest BCUT2D eigenvalue weighted by molar-refractivity contribution is 5.79. The van der Waals surface area contributed by atoms with Crippen LogP contribution in [0, 0.1) is 29.6 Å². The summed E-state index contributed by atoms with van der Waals surface area (Å²) in [6.45, 7) is 1.04. The van der Waals surface area contributed by atoms with E-state index in [0.717, 1.165) is 23.3 Å². The summed E-state index contributed by atoms with van der Waals surface area (Å²) < 4.78 is 11.7. The summed E-state index contributed by atoms with van der Waals surface area (Å²) in [6, 6.07) is 7.72. The van der Waals surface area contributed by atoms with Crippen molar-refractivity contribution in [3.63, 3.8) is 0 Å². The van der Waals surface area contributed by atoms with Crippen molar-refractivity contribution in [3.8, 4) is 11.5 Å². The van der Waals surface area contributed by atoms with Gasteiger partial charge in [0.05, 0.1) is 6.54 Å². The topological polar surface area (TPSA) is 47.6 Å². The third kappa shape index (κ3) is 2.47. The highest BCUT2D eigenvalue weighted by Crippen LogP contribution is 2.56. The molecule has 4 aliphatic carbocycles. The fourth-order valence-corrected chi connectivity index (χ4v) is 5.85. The fourth-order valence-electron chi connectivity index (χ4n) is 5.85. The van der Waals surface area contributed by atoms with Crippen LogP contribution in [0.2, 0.25) is 0 Å². The molecular formula is C20H25NO3. The molecule has 1 aromatic rings. The Balaban J connectivity index is 1.20. The van der Waals surface area contributed by atoms with Crippen molar-refractivity contribution < 1.29 is 14.3 Å². The maximum atomic E-state index is 12.8. The molecule has 4 nitrogen and oxygen atoms in total. The molecule has 24 heavy (non-hydrogen) atoms. The van der Waals surface area contributed by atoms with E-state index in [0.29, 0.717) is 25.0 Å². The van der Waals surface area contributed by atoms with Gasteiger partial charge in [-0.3, -0.25) is 4.79 Å². The monoisotopic (exact) mass is 327 g/mol. The number of carbonyl (C=O) groups is 1. The first-order valence-electron chi connectivity index (χ1n) is 9.42. The molecule has 6 rings (SSSR count). The molecule has 4 saturated carbocycles. The second-order valence-corrected chi connectivity index (χ2v) is 8.20. The van der Waals surface area contributed by atoms with Crippen molar-refractivity contribution in [1.29, 1.82) is 0 Å². The molecule has 0 saturated heterocycles. The van der Waals surface area contributed by atoms with Crippen LogP contribution in [0.25, 0.3) is 0 Å². The highest BCUT2D eigenvalue weighted by Gasteiger charge is 2.50. The third-order valence-corrected chi connectivity index (χ3v) is 6.60. The predicted molar refractivity (Wildman–Crippen MR) is 89.9 cm³/mol. The summed E-state index contributed by atoms with van der Waals surface area (Å²) in [5.74, 6) is 5.14. The summed E-state index contributed by atoms with van der Waals surface area (Å²) >= 11 is 0. The number of hydrogen-bond donors (Lipinski definition) is 1. The number of nitrogens with one attached hydrogen (secondary N) is 1. The quantitative estimate of drug-likeness (QED) is 0.928. The van der Waals surface area contributed by atoms with Gasteiger partial charge in [-0.2, -0.15) is 0 Å². The average molecular weight is 327 g/mol. The van der Waals surface area contributed by atoms with Crippen molar-refractivity contribution in [2.24, 2.45) is 29.6 Å². The van der Waals surface area contributed by atoms with Crippen LogP contribution < -0.4 is 14.8 Å². The van der Waals surface area contributed by atoms with Crippen LogP contribution in [0.4, 0.5) is 0 Å². The summed E-state index contributed by atoms with van der Waals surface area (Å²) in [4.78, 5) is 12.8. The first kappa shape index (κ1) is 14.6. The van der Waals surface area contributed by atoms with Gasteiger partial charge in [0.2, 0.25) is 5.91 Å². The summed E-state index contributed by atoms with van der Waals surface area (Å²) in [5.41, 5.74) is 0. The van der Waals surface area contributed by atoms with Crippen LogP contribution in [-0.2, 0) is 4.79 Å². The lowest BCUT2D eigenvalue weighted by atomic mass is 9.51. The number of amides is 1. The van der Waals surface area contributed by atoms with Gasteiger partial charge in [0.15, 0.2) is 11.5 Å². The molecule has 5 aliphatic rings. The van der Waals surface area contributed by atoms with Crippen LogP contribution in [-0.4, -0.2) is 25.2 Å². The van der Waals surface area contributed by atoms with Gasteiger partial charge in [0.1, 0.15) is 12.7 Å². The van der Waals surface area contributed by atoms with E-state index in [1.807, 2.05) is 24.3 Å². The lowest BCUT2D eigenvalue weighted by Crippen LogP contribution is -2.52. The predicted octanol–water partition coefficient (Wildman–Crippen LogP) is 3.01. The van der Waals surface area contributed by atoms with Gasteiger partial charge in [0.25, 0.3) is 0 Å². The Hall–Kier alpha value is -1.71. The van der Waals surface area contributed by atoms with Crippen LogP contribution in [0.3, 0.4) is 0 Å². The fraction of sp³-hybridized carbons (Fsp3) is 0.650. The molecule has 4 fully saturated rings. The number of rotatable bonds is 3. The van der Waals surface area contributed by atoms with E-state index in [4.69, 9.17) is 9.47 Å². The number of hydrogen-bond acceptors (Lipinski definition) is 3. The molecule has 0 spiro atoms. The van der Waals surface area contributed by atoms with Crippen LogP contribution in [0.1, 0.15) is 32.1 Å². The van der Waals surface area contributed by atoms with E-state index in [1.54, 1.807) is 0 Å². The Bertz CT molecular complexity index is 616. The minimum absolute atomic E-state index is 0.0966. The van der Waals surface area contributed by atoms with Crippen molar-refractivity contribution in [2.45, 2.75) is 38.2 Å². The van der Waals surface area contributed by atoms with Gasteiger partial charge in [-0.15, -0.1) is 0 Å². The Kier molecular flexibility index (Phi) is 3.46. The van der Waals surface area contributed by atoms with E-state index in [2.05, 4.69) is 5.32 Å². The molecule has 0 radical (unpaired) electrons. The van der Waals surface area contributed by atoms with Crippen LogP contribution in [0.5, 0.6) is 11.5 Å². The SMILES string of the molecule is O=C(NCC1COc2ccccc2O1)C1C2CC3CC(C2)CC1C3. The molecule has 4 bridgehead atoms. The van der Waals surface area contributed by atoms with Crippen LogP contribution >= 0.6 is 0 Å². The molecule has 4 heteroatoms. The minimum atomic E-state index is -0.0966. The zero-order valence-corrected chi connectivity index (χ0v) is 13.9. The van der Waals surface area contributed by atoms with E-state index in [-0.39, 0.29) is 17.9 Å². The Labute approximate surface area is 142 Å². The second kappa shape index (κ2) is 5.68. The van der Waals surface area contributed by atoms with Crippen molar-refractivity contribution >= 4 is 5.91 Å². The number of carbonyl (C=O) groups excluding carboxylic acids is 1. The number of para-hydroxylation sites is 2. The molecule has 1 amide bonds. The number of benzene rings is 1. The molecule has 1 aliphatic heterocycles. The molecule has 1 N–H and O–H groups in total. The molecular weight excluding hydrogens is 302 g/mol. The first-order valence-corrected chi connectivity index (χ1v) is 9.42. The maximum absolute atomic E-state index is 12.8. The summed E-state index contributed by atoms with van der Waals surface area (Å²) in [5, 5.41) is 3.17.